The zero-order valence-electron chi connectivity index (χ0n) is 15.1. The molecule has 1 aliphatic rings. The van der Waals surface area contributed by atoms with E-state index in [9.17, 15) is 4.39 Å². The lowest BCUT2D eigenvalue weighted by molar-refractivity contribution is 0.123. The number of hydrogen-bond donors (Lipinski definition) is 2. The summed E-state index contributed by atoms with van der Waals surface area (Å²) in [6.45, 7) is 8.99. The number of hydrogen-bond acceptors (Lipinski definition) is 2. The summed E-state index contributed by atoms with van der Waals surface area (Å²) < 4.78 is 19.3. The highest BCUT2D eigenvalue weighted by Crippen LogP contribution is 2.28. The number of aryl methyl sites for hydroxylation is 1. The molecule has 0 saturated heterocycles. The number of aliphatic imine (C=N–C) groups is 1. The van der Waals surface area contributed by atoms with Crippen LogP contribution in [-0.2, 0) is 4.74 Å². The fourth-order valence-electron chi connectivity index (χ4n) is 2.38. The molecule has 5 heteroatoms. The lowest BCUT2D eigenvalue weighted by atomic mass is 10.1. The van der Waals surface area contributed by atoms with Crippen molar-refractivity contribution in [1.82, 2.24) is 10.6 Å². The predicted octanol–water partition coefficient (Wildman–Crippen LogP) is 3.57. The van der Waals surface area contributed by atoms with Crippen LogP contribution in [-0.4, -0.2) is 32.3 Å². The van der Waals surface area contributed by atoms with Crippen molar-refractivity contribution in [3.8, 4) is 0 Å². The van der Waals surface area contributed by atoms with E-state index < -0.39 is 0 Å². The highest BCUT2D eigenvalue weighted by Gasteiger charge is 2.20. The fraction of sp³-hybridized carbons (Fsp3) is 0.632. The molecule has 24 heavy (non-hydrogen) atoms. The molecule has 1 fully saturated rings. The van der Waals surface area contributed by atoms with Gasteiger partial charge in [-0.1, -0.05) is 12.1 Å². The third kappa shape index (κ3) is 6.48. The Kier molecular flexibility index (Phi) is 7.50. The molecule has 2 rings (SSSR count). The Morgan fingerprint density at radius 3 is 2.88 bits per heavy atom. The Labute approximate surface area is 144 Å². The van der Waals surface area contributed by atoms with E-state index in [0.717, 1.165) is 50.2 Å². The van der Waals surface area contributed by atoms with Crippen LogP contribution in [0.2, 0.25) is 0 Å². The average molecular weight is 335 g/mol. The molecule has 0 amide bonds. The Hall–Kier alpha value is -1.62. The maximum atomic E-state index is 13.7. The highest BCUT2D eigenvalue weighted by molar-refractivity contribution is 5.80. The molecule has 1 aromatic carbocycles. The van der Waals surface area contributed by atoms with Crippen LogP contribution in [0.3, 0.4) is 0 Å². The predicted molar refractivity (Wildman–Crippen MR) is 96.8 cm³/mol. The van der Waals surface area contributed by atoms with Crippen LogP contribution in [0.5, 0.6) is 0 Å². The van der Waals surface area contributed by atoms with E-state index in [-0.39, 0.29) is 11.9 Å². The number of halogens is 1. The van der Waals surface area contributed by atoms with Crippen LogP contribution >= 0.6 is 0 Å². The third-order valence-electron chi connectivity index (χ3n) is 4.16. The van der Waals surface area contributed by atoms with Crippen molar-refractivity contribution >= 4 is 5.96 Å². The molecule has 134 valence electrons. The zero-order chi connectivity index (χ0) is 17.4. The van der Waals surface area contributed by atoms with Crippen molar-refractivity contribution in [2.75, 3.05) is 26.3 Å². The molecule has 2 N–H and O–H groups in total. The third-order valence-corrected chi connectivity index (χ3v) is 4.16. The number of nitrogens with one attached hydrogen (secondary N) is 2. The lowest BCUT2D eigenvalue weighted by Crippen LogP contribution is -2.38. The van der Waals surface area contributed by atoms with Crippen LogP contribution in [0.4, 0.5) is 4.39 Å². The van der Waals surface area contributed by atoms with Gasteiger partial charge >= 0.3 is 0 Å². The second-order valence-electron chi connectivity index (χ2n) is 6.51. The van der Waals surface area contributed by atoms with E-state index in [2.05, 4.69) is 15.6 Å². The van der Waals surface area contributed by atoms with Gasteiger partial charge in [-0.15, -0.1) is 0 Å². The van der Waals surface area contributed by atoms with Gasteiger partial charge in [0.05, 0.1) is 6.04 Å². The Morgan fingerprint density at radius 1 is 1.42 bits per heavy atom. The Morgan fingerprint density at radius 2 is 2.21 bits per heavy atom. The SMILES string of the molecule is CCNC(=NCCCOCC1CC1)NC(C)c1ccc(C)c(F)c1. The molecule has 1 aliphatic carbocycles. The standard InChI is InChI=1S/C19H30FN3O/c1-4-21-19(22-10-5-11-24-13-16-7-8-16)23-15(3)17-9-6-14(2)18(20)12-17/h6,9,12,15-16H,4-5,7-8,10-11,13H2,1-3H3,(H2,21,22,23). The quantitative estimate of drug-likeness (QED) is 0.412. The summed E-state index contributed by atoms with van der Waals surface area (Å²) in [7, 11) is 0. The van der Waals surface area contributed by atoms with E-state index >= 15 is 0 Å². The number of guanidine groups is 1. The number of rotatable bonds is 9. The number of nitrogens with zero attached hydrogens (tertiary/aromatic N) is 1. The summed E-state index contributed by atoms with van der Waals surface area (Å²) in [4.78, 5) is 4.57. The molecule has 0 bridgehead atoms. The second kappa shape index (κ2) is 9.62. The minimum atomic E-state index is -0.170. The van der Waals surface area contributed by atoms with Crippen LogP contribution < -0.4 is 10.6 Å². The van der Waals surface area contributed by atoms with E-state index in [4.69, 9.17) is 4.74 Å². The van der Waals surface area contributed by atoms with Gasteiger partial charge in [0.15, 0.2) is 5.96 Å². The molecular weight excluding hydrogens is 305 g/mol. The smallest absolute Gasteiger partial charge is 0.191 e. The topological polar surface area (TPSA) is 45.7 Å². The summed E-state index contributed by atoms with van der Waals surface area (Å²) in [5.41, 5.74) is 1.58. The Bertz CT molecular complexity index is 543. The summed E-state index contributed by atoms with van der Waals surface area (Å²) in [6.07, 6.45) is 3.56. The molecule has 0 radical (unpaired) electrons. The van der Waals surface area contributed by atoms with Gasteiger partial charge in [-0.25, -0.2) is 4.39 Å². The van der Waals surface area contributed by atoms with Gasteiger partial charge in [0.2, 0.25) is 0 Å². The van der Waals surface area contributed by atoms with Crippen molar-refractivity contribution in [2.24, 2.45) is 10.9 Å². The van der Waals surface area contributed by atoms with Gasteiger partial charge in [0.25, 0.3) is 0 Å². The molecule has 1 aromatic rings. The minimum absolute atomic E-state index is 0.0102. The summed E-state index contributed by atoms with van der Waals surface area (Å²) in [6, 6.07) is 5.33. The van der Waals surface area contributed by atoms with Crippen molar-refractivity contribution < 1.29 is 9.13 Å². The van der Waals surface area contributed by atoms with Crippen LogP contribution in [0.25, 0.3) is 0 Å². The molecule has 0 spiro atoms. The number of benzene rings is 1. The molecular formula is C19H30FN3O. The van der Waals surface area contributed by atoms with Crippen LogP contribution in [0.1, 0.15) is 50.3 Å². The van der Waals surface area contributed by atoms with Gasteiger partial charge in [-0.2, -0.15) is 0 Å². The normalized spacial score (nSPS) is 16.1. The number of ether oxygens (including phenoxy) is 1. The van der Waals surface area contributed by atoms with Crippen molar-refractivity contribution in [1.29, 1.82) is 0 Å². The maximum absolute atomic E-state index is 13.7. The highest BCUT2D eigenvalue weighted by atomic mass is 19.1. The van der Waals surface area contributed by atoms with Gasteiger partial charge in [0.1, 0.15) is 5.82 Å². The van der Waals surface area contributed by atoms with E-state index in [1.54, 1.807) is 13.0 Å². The lowest BCUT2D eigenvalue weighted by Gasteiger charge is -2.18. The molecule has 1 atom stereocenters. The molecule has 0 heterocycles. The first kappa shape index (κ1) is 18.7. The first-order valence-electron chi connectivity index (χ1n) is 8.98. The summed E-state index contributed by atoms with van der Waals surface area (Å²) >= 11 is 0. The first-order chi connectivity index (χ1) is 11.6. The summed E-state index contributed by atoms with van der Waals surface area (Å²) in [5.74, 6) is 1.40. The molecule has 1 saturated carbocycles. The van der Waals surface area contributed by atoms with Gasteiger partial charge < -0.3 is 15.4 Å². The molecule has 0 aliphatic heterocycles. The van der Waals surface area contributed by atoms with E-state index in [1.807, 2.05) is 26.0 Å². The Balaban J connectivity index is 1.79. The van der Waals surface area contributed by atoms with Crippen LogP contribution in [0.15, 0.2) is 23.2 Å². The van der Waals surface area contributed by atoms with Crippen molar-refractivity contribution in [2.45, 2.75) is 46.1 Å². The van der Waals surface area contributed by atoms with Crippen molar-refractivity contribution in [3.05, 3.63) is 35.1 Å². The van der Waals surface area contributed by atoms with Crippen molar-refractivity contribution in [3.63, 3.8) is 0 Å². The average Bonchev–Trinajstić information content (AvgIpc) is 3.37. The van der Waals surface area contributed by atoms with Gasteiger partial charge in [0, 0.05) is 26.3 Å². The van der Waals surface area contributed by atoms with Gasteiger partial charge in [-0.3, -0.25) is 4.99 Å². The van der Waals surface area contributed by atoms with Crippen LogP contribution in [0, 0.1) is 18.7 Å². The largest absolute Gasteiger partial charge is 0.381 e. The van der Waals surface area contributed by atoms with Gasteiger partial charge in [-0.05, 0) is 63.1 Å². The van der Waals surface area contributed by atoms with E-state index in [0.29, 0.717) is 5.56 Å². The molecule has 0 aromatic heterocycles. The second-order valence-corrected chi connectivity index (χ2v) is 6.51. The minimum Gasteiger partial charge on any atom is -0.381 e. The fourth-order valence-corrected chi connectivity index (χ4v) is 2.38. The molecule has 1 unspecified atom stereocenters. The maximum Gasteiger partial charge on any atom is 0.191 e. The zero-order valence-corrected chi connectivity index (χ0v) is 15.1. The molecule has 4 nitrogen and oxygen atoms in total. The summed E-state index contributed by atoms with van der Waals surface area (Å²) in [5, 5.41) is 6.56. The monoisotopic (exact) mass is 335 g/mol. The first-order valence-corrected chi connectivity index (χ1v) is 8.98. The van der Waals surface area contributed by atoms with E-state index in [1.165, 1.54) is 12.8 Å².